The number of hydrogen-bond donors (Lipinski definition) is 1. The van der Waals surface area contributed by atoms with E-state index in [1.54, 1.807) is 34.7 Å². The molecule has 0 aliphatic carbocycles. The number of ketones is 1. The first-order valence-corrected chi connectivity index (χ1v) is 5.59. The van der Waals surface area contributed by atoms with Crippen molar-refractivity contribution in [3.05, 3.63) is 11.9 Å². The van der Waals surface area contributed by atoms with Gasteiger partial charge in [0.1, 0.15) is 5.60 Å². The quantitative estimate of drug-likeness (QED) is 0.810. The number of nitrogens with one attached hydrogen (secondary N) is 1. The molecule has 0 bridgehead atoms. The van der Waals surface area contributed by atoms with Gasteiger partial charge in [-0.05, 0) is 27.7 Å². The molecule has 0 radical (unpaired) electrons. The van der Waals surface area contributed by atoms with E-state index >= 15 is 0 Å². The smallest absolute Gasteiger partial charge is 0.408 e. The van der Waals surface area contributed by atoms with E-state index in [1.807, 2.05) is 0 Å². The van der Waals surface area contributed by atoms with Crippen LogP contribution >= 0.6 is 0 Å². The molecule has 0 saturated carbocycles. The first-order chi connectivity index (χ1) is 8.19. The number of rotatable bonds is 3. The molecule has 0 saturated heterocycles. The molecule has 0 aliphatic heterocycles. The number of carbonyl (C=O) groups is 2. The molecule has 0 aliphatic rings. The van der Waals surface area contributed by atoms with E-state index in [0.717, 1.165) is 0 Å². The van der Waals surface area contributed by atoms with Crippen LogP contribution < -0.4 is 5.32 Å². The van der Waals surface area contributed by atoms with Gasteiger partial charge in [0.25, 0.3) is 0 Å². The van der Waals surface area contributed by atoms with E-state index in [2.05, 4.69) is 15.5 Å². The molecule has 7 heteroatoms. The van der Waals surface area contributed by atoms with Gasteiger partial charge in [-0.25, -0.2) is 4.79 Å². The number of hydrogen-bond acceptors (Lipinski definition) is 5. The number of Topliss-reactive ketones (excluding diaryl/α,β-unsaturated/α-hetero) is 1. The molecule has 1 amide bonds. The van der Waals surface area contributed by atoms with Crippen LogP contribution in [0.5, 0.6) is 0 Å². The highest BCUT2D eigenvalue weighted by Gasteiger charge is 2.23. The zero-order valence-corrected chi connectivity index (χ0v) is 11.2. The monoisotopic (exact) mass is 254 g/mol. The molecule has 1 heterocycles. The second kappa shape index (κ2) is 5.16. The van der Waals surface area contributed by atoms with Crippen molar-refractivity contribution in [3.8, 4) is 0 Å². The number of ether oxygens (including phenoxy) is 1. The van der Waals surface area contributed by atoms with Gasteiger partial charge in [0.15, 0.2) is 5.69 Å². The first kappa shape index (κ1) is 14.1. The van der Waals surface area contributed by atoms with Crippen molar-refractivity contribution in [1.29, 1.82) is 0 Å². The standard InChI is InChI=1S/C11H18N4O3/c1-7(13-10(17)18-11(2,3)4)9(16)8-6-12-15(5)14-8/h6-7H,1-5H3,(H,13,17)/t7-/m0/s1. The number of aromatic nitrogens is 3. The minimum Gasteiger partial charge on any atom is -0.444 e. The van der Waals surface area contributed by atoms with Crippen molar-refractivity contribution in [2.45, 2.75) is 39.3 Å². The Kier molecular flexibility index (Phi) is 4.05. The summed E-state index contributed by atoms with van der Waals surface area (Å²) in [5.74, 6) is -0.311. The van der Waals surface area contributed by atoms with E-state index in [0.29, 0.717) is 0 Å². The van der Waals surface area contributed by atoms with E-state index in [9.17, 15) is 9.59 Å². The van der Waals surface area contributed by atoms with Crippen molar-refractivity contribution < 1.29 is 14.3 Å². The topological polar surface area (TPSA) is 86.1 Å². The maximum Gasteiger partial charge on any atom is 0.408 e. The highest BCUT2D eigenvalue weighted by Crippen LogP contribution is 2.07. The van der Waals surface area contributed by atoms with E-state index in [-0.39, 0.29) is 11.5 Å². The highest BCUT2D eigenvalue weighted by molar-refractivity contribution is 5.99. The molecule has 0 aromatic carbocycles. The minimum absolute atomic E-state index is 0.209. The molecule has 100 valence electrons. The van der Waals surface area contributed by atoms with Crippen LogP contribution in [0.15, 0.2) is 6.20 Å². The summed E-state index contributed by atoms with van der Waals surface area (Å²) in [6.07, 6.45) is 0.725. The Labute approximate surface area is 105 Å². The predicted molar refractivity (Wildman–Crippen MR) is 64.2 cm³/mol. The predicted octanol–water partition coefficient (Wildman–Crippen LogP) is 0.911. The van der Waals surface area contributed by atoms with E-state index in [4.69, 9.17) is 4.74 Å². The van der Waals surface area contributed by atoms with Crippen molar-refractivity contribution in [2.24, 2.45) is 7.05 Å². The lowest BCUT2D eigenvalue weighted by atomic mass is 10.2. The van der Waals surface area contributed by atoms with Crippen LogP contribution in [0.3, 0.4) is 0 Å². The molecule has 1 rings (SSSR count). The van der Waals surface area contributed by atoms with E-state index < -0.39 is 17.7 Å². The zero-order valence-electron chi connectivity index (χ0n) is 11.2. The average molecular weight is 254 g/mol. The summed E-state index contributed by atoms with van der Waals surface area (Å²) in [5, 5.41) is 10.1. The third-order valence-electron chi connectivity index (χ3n) is 1.98. The SMILES string of the molecule is C[C@H](NC(=O)OC(C)(C)C)C(=O)c1cnn(C)n1. The van der Waals surface area contributed by atoms with Crippen LogP contribution in [-0.4, -0.2) is 38.5 Å². The number of nitrogens with zero attached hydrogens (tertiary/aromatic N) is 3. The Morgan fingerprint density at radius 2 is 2.06 bits per heavy atom. The van der Waals surface area contributed by atoms with Crippen LogP contribution in [0.2, 0.25) is 0 Å². The maximum absolute atomic E-state index is 11.9. The molecular formula is C11H18N4O3. The second-order valence-electron chi connectivity index (χ2n) is 4.95. The normalized spacial score (nSPS) is 12.9. The molecule has 1 atom stereocenters. The van der Waals surface area contributed by atoms with Gasteiger partial charge in [0.05, 0.1) is 12.2 Å². The molecule has 18 heavy (non-hydrogen) atoms. The van der Waals surface area contributed by atoms with Gasteiger partial charge in [-0.1, -0.05) is 0 Å². The highest BCUT2D eigenvalue weighted by atomic mass is 16.6. The van der Waals surface area contributed by atoms with Gasteiger partial charge >= 0.3 is 6.09 Å². The lowest BCUT2D eigenvalue weighted by molar-refractivity contribution is 0.0496. The minimum atomic E-state index is -0.712. The molecule has 1 aromatic rings. The summed E-state index contributed by atoms with van der Waals surface area (Å²) in [5.41, 5.74) is -0.389. The summed E-state index contributed by atoms with van der Waals surface area (Å²) in [6, 6.07) is -0.712. The van der Waals surface area contributed by atoms with Gasteiger partial charge in [0.2, 0.25) is 5.78 Å². The Hall–Kier alpha value is -1.92. The van der Waals surface area contributed by atoms with Crippen molar-refractivity contribution in [1.82, 2.24) is 20.3 Å². The number of amides is 1. The molecule has 0 fully saturated rings. The largest absolute Gasteiger partial charge is 0.444 e. The molecule has 1 aromatic heterocycles. The van der Waals surface area contributed by atoms with Crippen LogP contribution in [0, 0.1) is 0 Å². The Morgan fingerprint density at radius 3 is 2.50 bits per heavy atom. The summed E-state index contributed by atoms with van der Waals surface area (Å²) in [4.78, 5) is 24.6. The second-order valence-corrected chi connectivity index (χ2v) is 4.95. The first-order valence-electron chi connectivity index (χ1n) is 5.59. The van der Waals surface area contributed by atoms with Crippen LogP contribution in [0.1, 0.15) is 38.2 Å². The average Bonchev–Trinajstić information content (AvgIpc) is 2.60. The van der Waals surface area contributed by atoms with Gasteiger partial charge in [-0.2, -0.15) is 15.0 Å². The number of alkyl carbamates (subject to hydrolysis) is 1. The molecule has 0 unspecified atom stereocenters. The number of aryl methyl sites for hydroxylation is 1. The van der Waals surface area contributed by atoms with Gasteiger partial charge in [0, 0.05) is 7.05 Å². The summed E-state index contributed by atoms with van der Waals surface area (Å²) >= 11 is 0. The molecule has 7 nitrogen and oxygen atoms in total. The van der Waals surface area contributed by atoms with Crippen LogP contribution in [-0.2, 0) is 11.8 Å². The lowest BCUT2D eigenvalue weighted by Gasteiger charge is -2.21. The zero-order chi connectivity index (χ0) is 13.9. The fraction of sp³-hybridized carbons (Fsp3) is 0.636. The lowest BCUT2D eigenvalue weighted by Crippen LogP contribution is -2.41. The maximum atomic E-state index is 11.9. The molecule has 1 N–H and O–H groups in total. The fourth-order valence-corrected chi connectivity index (χ4v) is 1.23. The summed E-state index contributed by atoms with van der Waals surface area (Å²) in [7, 11) is 1.61. The third kappa shape index (κ3) is 4.15. The third-order valence-corrected chi connectivity index (χ3v) is 1.98. The fourth-order valence-electron chi connectivity index (χ4n) is 1.23. The Balaban J connectivity index is 2.58. The van der Waals surface area contributed by atoms with Crippen LogP contribution in [0.4, 0.5) is 4.79 Å². The molecular weight excluding hydrogens is 236 g/mol. The van der Waals surface area contributed by atoms with Crippen molar-refractivity contribution >= 4 is 11.9 Å². The van der Waals surface area contributed by atoms with Gasteiger partial charge in [-0.3, -0.25) is 4.79 Å². The summed E-state index contributed by atoms with van der Waals surface area (Å²) in [6.45, 7) is 6.83. The Bertz CT molecular complexity index is 447. The summed E-state index contributed by atoms with van der Waals surface area (Å²) < 4.78 is 5.06. The number of carbonyl (C=O) groups excluding carboxylic acids is 2. The van der Waals surface area contributed by atoms with Crippen molar-refractivity contribution in [2.75, 3.05) is 0 Å². The molecule has 0 spiro atoms. The van der Waals surface area contributed by atoms with Gasteiger partial charge < -0.3 is 10.1 Å². The van der Waals surface area contributed by atoms with Crippen molar-refractivity contribution in [3.63, 3.8) is 0 Å². The van der Waals surface area contributed by atoms with Crippen LogP contribution in [0.25, 0.3) is 0 Å². The van der Waals surface area contributed by atoms with Gasteiger partial charge in [-0.15, -0.1) is 0 Å². The Morgan fingerprint density at radius 1 is 1.44 bits per heavy atom. The van der Waals surface area contributed by atoms with E-state index in [1.165, 1.54) is 11.0 Å².